The quantitative estimate of drug-likeness (QED) is 0.481. The standard InChI is InChI=1S/C7H16O4P/c1-5-10-7(3,11-6-2)12(8)9-4/h5-6H2,1-4H3/q+1. The van der Waals surface area contributed by atoms with Crippen molar-refractivity contribution in [2.45, 2.75) is 26.3 Å². The van der Waals surface area contributed by atoms with Gasteiger partial charge in [-0.05, 0) is 18.4 Å². The van der Waals surface area contributed by atoms with Gasteiger partial charge in [0.05, 0.1) is 20.3 Å². The average Bonchev–Trinajstić information content (AvgIpc) is 2.04. The van der Waals surface area contributed by atoms with E-state index >= 15 is 0 Å². The lowest BCUT2D eigenvalue weighted by Crippen LogP contribution is -2.28. The lowest BCUT2D eigenvalue weighted by Gasteiger charge is -2.16. The summed E-state index contributed by atoms with van der Waals surface area (Å²) in [4.78, 5) is 0. The first kappa shape index (κ1) is 12.0. The fraction of sp³-hybridized carbons (Fsp3) is 1.00. The van der Waals surface area contributed by atoms with Gasteiger partial charge in [-0.25, -0.2) is 0 Å². The van der Waals surface area contributed by atoms with Crippen molar-refractivity contribution >= 4 is 8.03 Å². The van der Waals surface area contributed by atoms with Crippen molar-refractivity contribution in [2.24, 2.45) is 0 Å². The summed E-state index contributed by atoms with van der Waals surface area (Å²) < 4.78 is 26.4. The van der Waals surface area contributed by atoms with E-state index in [-0.39, 0.29) is 0 Å². The van der Waals surface area contributed by atoms with E-state index in [0.29, 0.717) is 13.2 Å². The zero-order valence-electron chi connectivity index (χ0n) is 7.99. The molecule has 0 spiro atoms. The van der Waals surface area contributed by atoms with Crippen molar-refractivity contribution in [1.29, 1.82) is 0 Å². The molecular weight excluding hydrogens is 179 g/mol. The summed E-state index contributed by atoms with van der Waals surface area (Å²) in [6, 6.07) is 0. The highest BCUT2D eigenvalue weighted by Crippen LogP contribution is 2.40. The van der Waals surface area contributed by atoms with Gasteiger partial charge in [-0.2, -0.15) is 0 Å². The number of hydrogen-bond donors (Lipinski definition) is 0. The van der Waals surface area contributed by atoms with E-state index in [1.165, 1.54) is 7.11 Å². The summed E-state index contributed by atoms with van der Waals surface area (Å²) in [5.74, 6) is 0. The van der Waals surface area contributed by atoms with E-state index in [1.807, 2.05) is 13.8 Å². The maximum atomic E-state index is 11.3. The van der Waals surface area contributed by atoms with E-state index in [4.69, 9.17) is 9.47 Å². The minimum atomic E-state index is -1.93. The van der Waals surface area contributed by atoms with Gasteiger partial charge in [0.1, 0.15) is 0 Å². The fourth-order valence-electron chi connectivity index (χ4n) is 0.849. The van der Waals surface area contributed by atoms with Gasteiger partial charge in [0, 0.05) is 6.92 Å². The highest BCUT2D eigenvalue weighted by Gasteiger charge is 2.49. The second-order valence-corrected chi connectivity index (χ2v) is 3.90. The first-order chi connectivity index (χ1) is 5.60. The Morgan fingerprint density at radius 1 is 1.25 bits per heavy atom. The van der Waals surface area contributed by atoms with Crippen LogP contribution < -0.4 is 0 Å². The van der Waals surface area contributed by atoms with Crippen molar-refractivity contribution in [1.82, 2.24) is 0 Å². The van der Waals surface area contributed by atoms with Crippen LogP contribution in [-0.2, 0) is 18.6 Å². The summed E-state index contributed by atoms with van der Waals surface area (Å²) in [7, 11) is -0.560. The number of ether oxygens (including phenoxy) is 2. The summed E-state index contributed by atoms with van der Waals surface area (Å²) in [6.07, 6.45) is 0. The summed E-state index contributed by atoms with van der Waals surface area (Å²) in [5, 5.41) is 0. The molecule has 0 bridgehead atoms. The van der Waals surface area contributed by atoms with Crippen LogP contribution in [0.1, 0.15) is 20.8 Å². The SMILES string of the molecule is CCOC(C)(OCC)[P+](=O)OC. The molecule has 1 atom stereocenters. The molecule has 0 aromatic rings. The molecule has 12 heavy (non-hydrogen) atoms. The van der Waals surface area contributed by atoms with Crippen LogP contribution in [-0.4, -0.2) is 25.9 Å². The van der Waals surface area contributed by atoms with Gasteiger partial charge in [-0.3, -0.25) is 0 Å². The van der Waals surface area contributed by atoms with E-state index in [9.17, 15) is 4.57 Å². The molecule has 0 amide bonds. The minimum absolute atomic E-state index is 0.445. The Labute approximate surface area is 74.1 Å². The van der Waals surface area contributed by atoms with E-state index in [1.54, 1.807) is 6.92 Å². The van der Waals surface area contributed by atoms with Crippen LogP contribution in [0.5, 0.6) is 0 Å². The van der Waals surface area contributed by atoms with Crippen LogP contribution in [0.4, 0.5) is 0 Å². The van der Waals surface area contributed by atoms with Crippen molar-refractivity contribution in [3.05, 3.63) is 0 Å². The maximum Gasteiger partial charge on any atom is 0.575 e. The second-order valence-electron chi connectivity index (χ2n) is 2.20. The molecule has 4 nitrogen and oxygen atoms in total. The summed E-state index contributed by atoms with van der Waals surface area (Å²) in [6.45, 7) is 6.14. The molecular formula is C7H16O4P+. The molecule has 0 aliphatic rings. The molecule has 0 aliphatic carbocycles. The molecule has 72 valence electrons. The van der Waals surface area contributed by atoms with Crippen LogP contribution in [0.15, 0.2) is 0 Å². The summed E-state index contributed by atoms with van der Waals surface area (Å²) in [5.41, 5.74) is -1.10. The molecule has 0 N–H and O–H groups in total. The lowest BCUT2D eigenvalue weighted by atomic mass is 10.7. The molecule has 0 heterocycles. The highest BCUT2D eigenvalue weighted by molar-refractivity contribution is 7.40. The molecule has 0 saturated carbocycles. The van der Waals surface area contributed by atoms with Crippen molar-refractivity contribution in [3.63, 3.8) is 0 Å². The first-order valence-corrected chi connectivity index (χ1v) is 5.07. The van der Waals surface area contributed by atoms with E-state index in [0.717, 1.165) is 0 Å². The van der Waals surface area contributed by atoms with E-state index < -0.39 is 13.6 Å². The lowest BCUT2D eigenvalue weighted by molar-refractivity contribution is -0.164. The molecule has 0 aromatic heterocycles. The number of hydrogen-bond acceptors (Lipinski definition) is 4. The van der Waals surface area contributed by atoms with Crippen molar-refractivity contribution in [3.8, 4) is 0 Å². The zero-order valence-corrected chi connectivity index (χ0v) is 8.89. The fourth-order valence-corrected chi connectivity index (χ4v) is 1.65. The van der Waals surface area contributed by atoms with Gasteiger partial charge in [0.25, 0.3) is 0 Å². The van der Waals surface area contributed by atoms with Gasteiger partial charge < -0.3 is 9.47 Å². The normalized spacial score (nSPS) is 13.2. The number of rotatable bonds is 6. The molecule has 0 radical (unpaired) electrons. The Morgan fingerprint density at radius 3 is 1.92 bits per heavy atom. The van der Waals surface area contributed by atoms with Gasteiger partial charge in [0.2, 0.25) is 0 Å². The second kappa shape index (κ2) is 5.60. The molecule has 0 rings (SSSR count). The topological polar surface area (TPSA) is 44.8 Å². The third-order valence-corrected chi connectivity index (χ3v) is 2.57. The van der Waals surface area contributed by atoms with Crippen LogP contribution in [0.2, 0.25) is 0 Å². The third-order valence-electron chi connectivity index (χ3n) is 1.32. The average molecular weight is 195 g/mol. The Kier molecular flexibility index (Phi) is 5.59. The van der Waals surface area contributed by atoms with Gasteiger partial charge >= 0.3 is 13.6 Å². The van der Waals surface area contributed by atoms with Gasteiger partial charge in [0.15, 0.2) is 0 Å². The summed E-state index contributed by atoms with van der Waals surface area (Å²) >= 11 is 0. The largest absolute Gasteiger partial charge is 0.575 e. The Balaban J connectivity index is 4.26. The predicted octanol–water partition coefficient (Wildman–Crippen LogP) is 2.12. The highest BCUT2D eigenvalue weighted by atomic mass is 31.1. The van der Waals surface area contributed by atoms with Gasteiger partial charge in [-0.1, -0.05) is 0 Å². The third kappa shape index (κ3) is 3.15. The van der Waals surface area contributed by atoms with Crippen molar-refractivity contribution in [2.75, 3.05) is 20.3 Å². The molecule has 0 fully saturated rings. The Morgan fingerprint density at radius 2 is 1.67 bits per heavy atom. The first-order valence-electron chi connectivity index (χ1n) is 3.90. The maximum absolute atomic E-state index is 11.3. The molecule has 0 saturated heterocycles. The van der Waals surface area contributed by atoms with Crippen LogP contribution in [0, 0.1) is 0 Å². The monoisotopic (exact) mass is 195 g/mol. The van der Waals surface area contributed by atoms with Crippen LogP contribution in [0.25, 0.3) is 0 Å². The minimum Gasteiger partial charge on any atom is -0.308 e. The molecule has 5 heteroatoms. The smallest absolute Gasteiger partial charge is 0.308 e. The predicted molar refractivity (Wildman–Crippen MR) is 46.3 cm³/mol. The van der Waals surface area contributed by atoms with E-state index in [2.05, 4.69) is 4.52 Å². The molecule has 0 aliphatic heterocycles. The van der Waals surface area contributed by atoms with Gasteiger partial charge in [-0.15, -0.1) is 4.52 Å². The Bertz CT molecular complexity index is 142. The van der Waals surface area contributed by atoms with Crippen molar-refractivity contribution < 1.29 is 18.6 Å². The van der Waals surface area contributed by atoms with Crippen LogP contribution >= 0.6 is 8.03 Å². The zero-order chi connectivity index (χ0) is 9.61. The molecule has 1 unspecified atom stereocenters. The Hall–Kier alpha value is -0.0200. The van der Waals surface area contributed by atoms with Crippen LogP contribution in [0.3, 0.4) is 0 Å². The molecule has 0 aromatic carbocycles.